The molecule has 0 aliphatic carbocycles. The first-order valence-electron chi connectivity index (χ1n) is 6.89. The third-order valence-electron chi connectivity index (χ3n) is 3.04. The van der Waals surface area contributed by atoms with Crippen molar-refractivity contribution in [3.05, 3.63) is 29.8 Å². The number of para-hydroxylation sites is 1. The van der Waals surface area contributed by atoms with Crippen LogP contribution in [-0.4, -0.2) is 28.7 Å². The van der Waals surface area contributed by atoms with E-state index in [1.54, 1.807) is 24.3 Å². The number of aromatic carboxylic acids is 1. The summed E-state index contributed by atoms with van der Waals surface area (Å²) in [7, 11) is 0. The molecule has 0 spiro atoms. The fourth-order valence-electron chi connectivity index (χ4n) is 1.98. The molecule has 5 nitrogen and oxygen atoms in total. The average Bonchev–Trinajstić information content (AvgIpc) is 2.41. The highest BCUT2D eigenvalue weighted by atomic mass is 16.4. The van der Waals surface area contributed by atoms with Crippen LogP contribution in [-0.2, 0) is 4.79 Å². The van der Waals surface area contributed by atoms with Crippen LogP contribution in [0, 0.1) is 0 Å². The Labute approximate surface area is 118 Å². The van der Waals surface area contributed by atoms with Gasteiger partial charge in [0.25, 0.3) is 0 Å². The van der Waals surface area contributed by atoms with Crippen LogP contribution in [0.4, 0.5) is 5.69 Å². The minimum absolute atomic E-state index is 0.240. The van der Waals surface area contributed by atoms with Crippen molar-refractivity contribution in [3.63, 3.8) is 0 Å². The molecule has 0 aromatic heterocycles. The van der Waals surface area contributed by atoms with E-state index in [-0.39, 0.29) is 12.0 Å². The van der Waals surface area contributed by atoms with Crippen molar-refractivity contribution >= 4 is 17.6 Å². The van der Waals surface area contributed by atoms with E-state index in [0.717, 1.165) is 38.6 Å². The monoisotopic (exact) mass is 279 g/mol. The van der Waals surface area contributed by atoms with Crippen LogP contribution in [0.5, 0.6) is 0 Å². The molecular formula is C15H21NO4. The van der Waals surface area contributed by atoms with Crippen LogP contribution in [0.25, 0.3) is 0 Å². The van der Waals surface area contributed by atoms with E-state index in [1.165, 1.54) is 0 Å². The Morgan fingerprint density at radius 3 is 2.30 bits per heavy atom. The summed E-state index contributed by atoms with van der Waals surface area (Å²) in [6.07, 6.45) is 4.87. The second-order valence-electron chi connectivity index (χ2n) is 4.69. The zero-order chi connectivity index (χ0) is 14.8. The van der Waals surface area contributed by atoms with Gasteiger partial charge in [-0.05, 0) is 25.0 Å². The quantitative estimate of drug-likeness (QED) is 0.572. The van der Waals surface area contributed by atoms with Gasteiger partial charge in [-0.1, -0.05) is 31.4 Å². The number of carboxylic acids is 2. The molecule has 0 aliphatic rings. The SMILES string of the molecule is O=C(O)CCCCCCCNc1ccccc1C(=O)O. The minimum atomic E-state index is -0.929. The minimum Gasteiger partial charge on any atom is -0.481 e. The van der Waals surface area contributed by atoms with Crippen LogP contribution in [0.2, 0.25) is 0 Å². The van der Waals surface area contributed by atoms with Gasteiger partial charge in [0.05, 0.1) is 5.56 Å². The largest absolute Gasteiger partial charge is 0.481 e. The highest BCUT2D eigenvalue weighted by Gasteiger charge is 2.07. The molecule has 110 valence electrons. The van der Waals surface area contributed by atoms with Crippen molar-refractivity contribution in [1.82, 2.24) is 0 Å². The predicted molar refractivity (Wildman–Crippen MR) is 77.2 cm³/mol. The van der Waals surface area contributed by atoms with E-state index < -0.39 is 11.9 Å². The molecule has 0 saturated carbocycles. The van der Waals surface area contributed by atoms with E-state index in [0.29, 0.717) is 5.69 Å². The van der Waals surface area contributed by atoms with Crippen molar-refractivity contribution in [3.8, 4) is 0 Å². The number of unbranched alkanes of at least 4 members (excludes halogenated alkanes) is 4. The van der Waals surface area contributed by atoms with Gasteiger partial charge in [-0.15, -0.1) is 0 Å². The lowest BCUT2D eigenvalue weighted by Crippen LogP contribution is -2.07. The number of nitrogens with one attached hydrogen (secondary N) is 1. The van der Waals surface area contributed by atoms with Gasteiger partial charge in [-0.25, -0.2) is 4.79 Å². The fraction of sp³-hybridized carbons (Fsp3) is 0.467. The predicted octanol–water partition coefficient (Wildman–Crippen LogP) is 3.22. The molecule has 0 fully saturated rings. The molecule has 0 radical (unpaired) electrons. The molecular weight excluding hydrogens is 258 g/mol. The van der Waals surface area contributed by atoms with E-state index >= 15 is 0 Å². The van der Waals surface area contributed by atoms with Gasteiger partial charge in [0.15, 0.2) is 0 Å². The maximum absolute atomic E-state index is 11.0. The fourth-order valence-corrected chi connectivity index (χ4v) is 1.98. The lowest BCUT2D eigenvalue weighted by atomic mass is 10.1. The van der Waals surface area contributed by atoms with Crippen LogP contribution in [0.1, 0.15) is 48.9 Å². The summed E-state index contributed by atoms with van der Waals surface area (Å²) in [5, 5.41) is 20.6. The molecule has 1 rings (SSSR count). The number of benzene rings is 1. The summed E-state index contributed by atoms with van der Waals surface area (Å²) in [5.74, 6) is -1.67. The molecule has 5 heteroatoms. The van der Waals surface area contributed by atoms with Gasteiger partial charge in [-0.2, -0.15) is 0 Å². The molecule has 3 N–H and O–H groups in total. The normalized spacial score (nSPS) is 10.2. The van der Waals surface area contributed by atoms with Crippen LogP contribution in [0.15, 0.2) is 24.3 Å². The van der Waals surface area contributed by atoms with E-state index in [4.69, 9.17) is 10.2 Å². The number of aliphatic carboxylic acids is 1. The van der Waals surface area contributed by atoms with Crippen molar-refractivity contribution in [2.45, 2.75) is 38.5 Å². The maximum Gasteiger partial charge on any atom is 0.337 e. The Balaban J connectivity index is 2.15. The average molecular weight is 279 g/mol. The van der Waals surface area contributed by atoms with Crippen molar-refractivity contribution < 1.29 is 19.8 Å². The molecule has 1 aromatic carbocycles. The zero-order valence-electron chi connectivity index (χ0n) is 11.5. The summed E-state index contributed by atoms with van der Waals surface area (Å²) in [6, 6.07) is 6.85. The van der Waals surface area contributed by atoms with E-state index in [9.17, 15) is 9.59 Å². The number of rotatable bonds is 10. The molecule has 0 amide bonds. The van der Waals surface area contributed by atoms with E-state index in [1.807, 2.05) is 0 Å². The highest BCUT2D eigenvalue weighted by Crippen LogP contribution is 2.15. The molecule has 0 atom stereocenters. The standard InChI is InChI=1S/C15H21NO4/c17-14(18)10-4-2-1-3-7-11-16-13-9-6-5-8-12(13)15(19)20/h5-6,8-9,16H,1-4,7,10-11H2,(H,17,18)(H,19,20). The van der Waals surface area contributed by atoms with Crippen molar-refractivity contribution in [2.24, 2.45) is 0 Å². The van der Waals surface area contributed by atoms with Gasteiger partial charge < -0.3 is 15.5 Å². The molecule has 0 unspecified atom stereocenters. The van der Waals surface area contributed by atoms with Gasteiger partial charge in [-0.3, -0.25) is 4.79 Å². The van der Waals surface area contributed by atoms with Gasteiger partial charge in [0, 0.05) is 18.7 Å². The summed E-state index contributed by atoms with van der Waals surface area (Å²) < 4.78 is 0. The first-order chi connectivity index (χ1) is 9.61. The van der Waals surface area contributed by atoms with Gasteiger partial charge >= 0.3 is 11.9 Å². The lowest BCUT2D eigenvalue weighted by molar-refractivity contribution is -0.137. The molecule has 20 heavy (non-hydrogen) atoms. The first kappa shape index (κ1) is 16.0. The van der Waals surface area contributed by atoms with Gasteiger partial charge in [0.2, 0.25) is 0 Å². The highest BCUT2D eigenvalue weighted by molar-refractivity contribution is 5.94. The molecule has 0 aliphatic heterocycles. The van der Waals surface area contributed by atoms with Crippen LogP contribution >= 0.6 is 0 Å². The smallest absolute Gasteiger partial charge is 0.337 e. The summed E-state index contributed by atoms with van der Waals surface area (Å²) in [5.41, 5.74) is 0.930. The third-order valence-corrected chi connectivity index (χ3v) is 3.04. The van der Waals surface area contributed by atoms with E-state index in [2.05, 4.69) is 5.32 Å². The maximum atomic E-state index is 11.0. The number of carboxylic acid groups (broad SMARTS) is 2. The van der Waals surface area contributed by atoms with Crippen LogP contribution < -0.4 is 5.32 Å². The summed E-state index contributed by atoms with van der Waals surface area (Å²) >= 11 is 0. The number of hydrogen-bond donors (Lipinski definition) is 3. The first-order valence-corrected chi connectivity index (χ1v) is 6.89. The second-order valence-corrected chi connectivity index (χ2v) is 4.69. The number of carbonyl (C=O) groups is 2. The Morgan fingerprint density at radius 1 is 0.950 bits per heavy atom. The Hall–Kier alpha value is -2.04. The Bertz CT molecular complexity index is 445. The Kier molecular flexibility index (Phi) is 7.17. The topological polar surface area (TPSA) is 86.6 Å². The third kappa shape index (κ3) is 6.22. The lowest BCUT2D eigenvalue weighted by Gasteiger charge is -2.09. The number of anilines is 1. The summed E-state index contributed by atoms with van der Waals surface area (Å²) in [6.45, 7) is 0.725. The summed E-state index contributed by atoms with van der Waals surface area (Å²) in [4.78, 5) is 21.3. The van der Waals surface area contributed by atoms with Crippen molar-refractivity contribution in [1.29, 1.82) is 0 Å². The molecule has 0 saturated heterocycles. The number of hydrogen-bond acceptors (Lipinski definition) is 3. The Morgan fingerprint density at radius 2 is 1.60 bits per heavy atom. The molecule has 0 bridgehead atoms. The molecule has 1 aromatic rings. The zero-order valence-corrected chi connectivity index (χ0v) is 11.5. The second kappa shape index (κ2) is 8.96. The molecule has 0 heterocycles. The van der Waals surface area contributed by atoms with Crippen LogP contribution in [0.3, 0.4) is 0 Å². The van der Waals surface area contributed by atoms with Gasteiger partial charge in [0.1, 0.15) is 0 Å². The van der Waals surface area contributed by atoms with Crippen molar-refractivity contribution in [2.75, 3.05) is 11.9 Å².